The largest absolute Gasteiger partial charge is 0.464 e. The molecule has 2 aromatic rings. The molecule has 0 spiro atoms. The van der Waals surface area contributed by atoms with Crippen molar-refractivity contribution in [1.82, 2.24) is 14.9 Å². The lowest BCUT2D eigenvalue weighted by molar-refractivity contribution is -0.145. The average molecular weight is 281 g/mol. The van der Waals surface area contributed by atoms with Gasteiger partial charge in [-0.1, -0.05) is 9.94 Å². The first kappa shape index (κ1) is 13.8. The van der Waals surface area contributed by atoms with E-state index in [9.17, 15) is 14.4 Å². The number of nitrogens with zero attached hydrogens (tertiary/aromatic N) is 3. The van der Waals surface area contributed by atoms with Crippen LogP contribution in [0.1, 0.15) is 6.92 Å². The maximum Gasteiger partial charge on any atom is 0.344 e. The Balaban J connectivity index is 2.12. The van der Waals surface area contributed by atoms with Crippen LogP contribution in [0.3, 0.4) is 0 Å². The number of halogens is 1. The summed E-state index contributed by atoms with van der Waals surface area (Å²) in [7, 11) is 0. The summed E-state index contributed by atoms with van der Waals surface area (Å²) in [4.78, 5) is 15.5. The number of carbonyl (C=O) groups excluding carboxylic acids is 1. The summed E-state index contributed by atoms with van der Waals surface area (Å²) >= 11 is 0. The van der Waals surface area contributed by atoms with Crippen molar-refractivity contribution in [2.45, 2.75) is 6.92 Å². The molecule has 1 N–H and O–H groups in total. The Kier molecular flexibility index (Phi) is 4.14. The van der Waals surface area contributed by atoms with E-state index in [0.29, 0.717) is 4.85 Å². The maximum absolute atomic E-state index is 13.1. The summed E-state index contributed by atoms with van der Waals surface area (Å²) in [5.41, 5.74) is 0.328. The van der Waals surface area contributed by atoms with E-state index in [1.54, 1.807) is 6.92 Å². The van der Waals surface area contributed by atoms with Gasteiger partial charge in [0.15, 0.2) is 6.61 Å². The number of ether oxygens (including phenoxy) is 2. The Morgan fingerprint density at radius 2 is 2.30 bits per heavy atom. The van der Waals surface area contributed by atoms with E-state index in [2.05, 4.69) is 14.8 Å². The van der Waals surface area contributed by atoms with Crippen LogP contribution in [-0.4, -0.2) is 39.3 Å². The molecule has 7 nitrogen and oxygen atoms in total. The van der Waals surface area contributed by atoms with Gasteiger partial charge in [-0.3, -0.25) is 4.98 Å². The van der Waals surface area contributed by atoms with E-state index in [0.717, 1.165) is 6.07 Å². The van der Waals surface area contributed by atoms with Crippen molar-refractivity contribution in [3.8, 4) is 17.3 Å². The lowest BCUT2D eigenvalue weighted by Crippen LogP contribution is -2.14. The van der Waals surface area contributed by atoms with Gasteiger partial charge in [-0.2, -0.15) is 0 Å². The molecule has 0 aliphatic rings. The van der Waals surface area contributed by atoms with Gasteiger partial charge in [-0.25, -0.2) is 9.18 Å². The normalized spacial score (nSPS) is 10.3. The SMILES string of the molecule is CCOC(=O)COc1cc(-c2cc(F)ccn2)n(O)n1. The number of hydrogen-bond donors (Lipinski definition) is 1. The summed E-state index contributed by atoms with van der Waals surface area (Å²) < 4.78 is 22.8. The van der Waals surface area contributed by atoms with Gasteiger partial charge in [0, 0.05) is 18.3 Å². The molecule has 0 saturated carbocycles. The van der Waals surface area contributed by atoms with Gasteiger partial charge < -0.3 is 14.7 Å². The number of pyridine rings is 1. The molecule has 0 atom stereocenters. The summed E-state index contributed by atoms with van der Waals surface area (Å²) in [6.07, 6.45) is 1.26. The van der Waals surface area contributed by atoms with E-state index < -0.39 is 11.8 Å². The van der Waals surface area contributed by atoms with Crippen LogP contribution in [0, 0.1) is 5.82 Å². The van der Waals surface area contributed by atoms with Crippen LogP contribution >= 0.6 is 0 Å². The molecular formula is C12H12FN3O4. The minimum absolute atomic E-state index is 0.00149. The molecule has 2 rings (SSSR count). The first-order valence-corrected chi connectivity index (χ1v) is 5.80. The van der Waals surface area contributed by atoms with Gasteiger partial charge >= 0.3 is 5.97 Å². The van der Waals surface area contributed by atoms with E-state index in [1.165, 1.54) is 18.3 Å². The molecule has 2 aromatic heterocycles. The van der Waals surface area contributed by atoms with E-state index in [1.807, 2.05) is 0 Å². The molecule has 8 heteroatoms. The fourth-order valence-corrected chi connectivity index (χ4v) is 1.48. The van der Waals surface area contributed by atoms with E-state index in [4.69, 9.17) is 4.74 Å². The molecule has 0 aliphatic heterocycles. The van der Waals surface area contributed by atoms with Crippen LogP contribution < -0.4 is 4.74 Å². The highest BCUT2D eigenvalue weighted by atomic mass is 19.1. The zero-order valence-corrected chi connectivity index (χ0v) is 10.6. The fourth-order valence-electron chi connectivity index (χ4n) is 1.48. The molecule has 0 aliphatic carbocycles. The van der Waals surface area contributed by atoms with Crippen LogP contribution in [-0.2, 0) is 9.53 Å². The highest BCUT2D eigenvalue weighted by molar-refractivity contribution is 5.71. The van der Waals surface area contributed by atoms with Gasteiger partial charge in [0.05, 0.1) is 12.3 Å². The third-order valence-electron chi connectivity index (χ3n) is 2.30. The van der Waals surface area contributed by atoms with Crippen molar-refractivity contribution in [2.75, 3.05) is 13.2 Å². The monoisotopic (exact) mass is 281 g/mol. The highest BCUT2D eigenvalue weighted by Gasteiger charge is 2.13. The first-order chi connectivity index (χ1) is 9.60. The number of hydrogen-bond acceptors (Lipinski definition) is 6. The molecule has 0 aromatic carbocycles. The van der Waals surface area contributed by atoms with Gasteiger partial charge in [-0.15, -0.1) is 0 Å². The number of rotatable bonds is 5. The zero-order valence-electron chi connectivity index (χ0n) is 10.6. The second-order valence-electron chi connectivity index (χ2n) is 3.71. The fraction of sp³-hybridized carbons (Fsp3) is 0.250. The van der Waals surface area contributed by atoms with Crippen molar-refractivity contribution in [3.63, 3.8) is 0 Å². The van der Waals surface area contributed by atoms with Crippen LogP contribution in [0.25, 0.3) is 11.4 Å². The predicted octanol–water partition coefficient (Wildman–Crippen LogP) is 1.26. The predicted molar refractivity (Wildman–Crippen MR) is 64.7 cm³/mol. The Morgan fingerprint density at radius 3 is 3.00 bits per heavy atom. The average Bonchev–Trinajstić information content (AvgIpc) is 2.78. The molecule has 20 heavy (non-hydrogen) atoms. The minimum Gasteiger partial charge on any atom is -0.464 e. The van der Waals surface area contributed by atoms with E-state index in [-0.39, 0.29) is 30.5 Å². The smallest absolute Gasteiger partial charge is 0.344 e. The standard InChI is InChI=1S/C12H12FN3O4/c1-2-19-12(17)7-20-11-6-10(16(18)15-11)9-5-8(13)3-4-14-9/h3-6,18H,2,7H2,1H3. The lowest BCUT2D eigenvalue weighted by Gasteiger charge is -2.01. The summed E-state index contributed by atoms with van der Waals surface area (Å²) in [6.45, 7) is 1.59. The minimum atomic E-state index is -0.551. The van der Waals surface area contributed by atoms with Crippen LogP contribution in [0.15, 0.2) is 24.4 Å². The molecule has 0 amide bonds. The summed E-state index contributed by atoms with van der Waals surface area (Å²) in [6, 6.07) is 3.65. The van der Waals surface area contributed by atoms with E-state index >= 15 is 0 Å². The third-order valence-corrected chi connectivity index (χ3v) is 2.30. The molecular weight excluding hydrogens is 269 g/mol. The Hall–Kier alpha value is -2.64. The Bertz CT molecular complexity index is 614. The quantitative estimate of drug-likeness (QED) is 0.656. The summed E-state index contributed by atoms with van der Waals surface area (Å²) in [5.74, 6) is -1.04. The van der Waals surface area contributed by atoms with Crippen molar-refractivity contribution in [1.29, 1.82) is 0 Å². The molecule has 0 bridgehead atoms. The summed E-state index contributed by atoms with van der Waals surface area (Å²) in [5, 5.41) is 13.2. The highest BCUT2D eigenvalue weighted by Crippen LogP contribution is 2.21. The topological polar surface area (TPSA) is 86.5 Å². The lowest BCUT2D eigenvalue weighted by atomic mass is 10.3. The van der Waals surface area contributed by atoms with Crippen molar-refractivity contribution in [2.24, 2.45) is 0 Å². The number of esters is 1. The Morgan fingerprint density at radius 1 is 1.50 bits per heavy atom. The second-order valence-corrected chi connectivity index (χ2v) is 3.71. The molecule has 106 valence electrons. The van der Waals surface area contributed by atoms with Crippen molar-refractivity contribution in [3.05, 3.63) is 30.2 Å². The molecule has 0 saturated heterocycles. The van der Waals surface area contributed by atoms with Crippen molar-refractivity contribution >= 4 is 5.97 Å². The molecule has 0 unspecified atom stereocenters. The first-order valence-electron chi connectivity index (χ1n) is 5.80. The zero-order chi connectivity index (χ0) is 14.5. The Labute approximate surface area is 113 Å². The van der Waals surface area contributed by atoms with Gasteiger partial charge in [0.25, 0.3) is 0 Å². The van der Waals surface area contributed by atoms with Gasteiger partial charge in [0.2, 0.25) is 5.88 Å². The maximum atomic E-state index is 13.1. The van der Waals surface area contributed by atoms with Crippen molar-refractivity contribution < 1.29 is 23.9 Å². The molecule has 0 fully saturated rings. The number of aromatic nitrogens is 3. The van der Waals surface area contributed by atoms with Gasteiger partial charge in [-0.05, 0) is 13.0 Å². The van der Waals surface area contributed by atoms with Crippen LogP contribution in [0.5, 0.6) is 5.88 Å². The molecule has 0 radical (unpaired) electrons. The molecule has 2 heterocycles. The van der Waals surface area contributed by atoms with Crippen LogP contribution in [0.4, 0.5) is 4.39 Å². The second kappa shape index (κ2) is 6.00. The van der Waals surface area contributed by atoms with Gasteiger partial charge in [0.1, 0.15) is 11.5 Å². The van der Waals surface area contributed by atoms with Crippen LogP contribution in [0.2, 0.25) is 0 Å². The number of carbonyl (C=O) groups is 1. The third kappa shape index (κ3) is 3.22.